The molecule has 0 aliphatic rings. The molecule has 0 fully saturated rings. The number of aromatic nitrogens is 4. The molecule has 0 aliphatic carbocycles. The third-order valence-corrected chi connectivity index (χ3v) is 4.00. The molecule has 100 valence electrons. The molecule has 2 aromatic rings. The minimum absolute atomic E-state index is 0.378. The quantitative estimate of drug-likeness (QED) is 0.785. The van der Waals surface area contributed by atoms with Gasteiger partial charge >= 0.3 is 0 Å². The number of hydrogen-bond donors (Lipinski definition) is 0. The molecule has 0 bridgehead atoms. The average molecular weight is 289 g/mol. The lowest BCUT2D eigenvalue weighted by molar-refractivity contribution is 0.635. The summed E-state index contributed by atoms with van der Waals surface area (Å²) in [5.74, 6) is 1.92. The Hall–Kier alpha value is -0.880. The summed E-state index contributed by atoms with van der Waals surface area (Å²) in [6.45, 7) is 2.72. The van der Waals surface area contributed by atoms with Gasteiger partial charge in [0.05, 0.1) is 11.6 Å². The number of rotatable bonds is 5. The molecule has 0 aromatic carbocycles. The van der Waals surface area contributed by atoms with E-state index < -0.39 is 10.8 Å². The second-order valence-corrected chi connectivity index (χ2v) is 6.15. The van der Waals surface area contributed by atoms with Gasteiger partial charge in [0.2, 0.25) is 0 Å². The fourth-order valence-corrected chi connectivity index (χ4v) is 2.88. The fraction of sp³-hybridized carbons (Fsp3) is 0.636. The number of imidazole rings is 1. The monoisotopic (exact) mass is 288 g/mol. The third kappa shape index (κ3) is 2.44. The van der Waals surface area contributed by atoms with Gasteiger partial charge in [0.1, 0.15) is 11.3 Å². The molecule has 5 nitrogen and oxygen atoms in total. The highest BCUT2D eigenvalue weighted by Gasteiger charge is 2.16. The fourth-order valence-electron chi connectivity index (χ4n) is 2.14. The highest BCUT2D eigenvalue weighted by molar-refractivity contribution is 7.84. The zero-order chi connectivity index (χ0) is 13.3. The van der Waals surface area contributed by atoms with Gasteiger partial charge in [0.15, 0.2) is 5.65 Å². The normalized spacial score (nSPS) is 13.3. The summed E-state index contributed by atoms with van der Waals surface area (Å²) in [6.07, 6.45) is 2.57. The summed E-state index contributed by atoms with van der Waals surface area (Å²) in [5, 5.41) is 4.36. The summed E-state index contributed by atoms with van der Waals surface area (Å²) in [6, 6.07) is 0. The van der Waals surface area contributed by atoms with E-state index in [4.69, 9.17) is 11.6 Å². The van der Waals surface area contributed by atoms with Crippen LogP contribution >= 0.6 is 11.6 Å². The van der Waals surface area contributed by atoms with Gasteiger partial charge in [-0.25, -0.2) is 4.98 Å². The number of fused-ring (bicyclic) bond motifs is 1. The number of hydrogen-bond acceptors (Lipinski definition) is 3. The molecule has 0 amide bonds. The summed E-state index contributed by atoms with van der Waals surface area (Å²) in [4.78, 5) is 4.52. The summed E-state index contributed by atoms with van der Waals surface area (Å²) >= 11 is 5.93. The lowest BCUT2D eigenvalue weighted by Crippen LogP contribution is -2.09. The molecule has 2 aromatic heterocycles. The first kappa shape index (κ1) is 13.5. The molecular weight excluding hydrogens is 272 g/mol. The Morgan fingerprint density at radius 2 is 2.17 bits per heavy atom. The highest BCUT2D eigenvalue weighted by atomic mass is 35.5. The van der Waals surface area contributed by atoms with Crippen molar-refractivity contribution in [2.24, 2.45) is 7.05 Å². The maximum absolute atomic E-state index is 11.1. The van der Waals surface area contributed by atoms with Gasteiger partial charge < -0.3 is 4.57 Å². The van der Waals surface area contributed by atoms with Crippen LogP contribution in [0, 0.1) is 6.92 Å². The zero-order valence-corrected chi connectivity index (χ0v) is 12.4. The van der Waals surface area contributed by atoms with E-state index in [2.05, 4.69) is 14.6 Å². The minimum atomic E-state index is -0.759. The first-order valence-corrected chi connectivity index (χ1v) is 8.05. The maximum Gasteiger partial charge on any atom is 0.158 e. The number of halogens is 1. The Morgan fingerprint density at radius 1 is 1.44 bits per heavy atom. The van der Waals surface area contributed by atoms with Gasteiger partial charge in [-0.3, -0.25) is 8.89 Å². The Labute approximate surface area is 114 Å². The Bertz CT molecular complexity index is 589. The van der Waals surface area contributed by atoms with Gasteiger partial charge in [0, 0.05) is 36.4 Å². The van der Waals surface area contributed by atoms with E-state index in [1.54, 1.807) is 6.26 Å². The lowest BCUT2D eigenvalue weighted by atomic mass is 10.4. The van der Waals surface area contributed by atoms with E-state index in [9.17, 15) is 4.21 Å². The van der Waals surface area contributed by atoms with E-state index in [-0.39, 0.29) is 0 Å². The van der Waals surface area contributed by atoms with Crippen LogP contribution in [-0.4, -0.2) is 35.5 Å². The topological polar surface area (TPSA) is 52.7 Å². The molecule has 1 atom stereocenters. The molecule has 0 spiro atoms. The molecule has 2 heterocycles. The van der Waals surface area contributed by atoms with Crippen LogP contribution in [0.15, 0.2) is 0 Å². The molecule has 0 saturated carbocycles. The molecule has 18 heavy (non-hydrogen) atoms. The molecule has 0 N–H and O–H groups in total. The van der Waals surface area contributed by atoms with Gasteiger partial charge in [0.25, 0.3) is 0 Å². The van der Waals surface area contributed by atoms with Crippen molar-refractivity contribution in [2.75, 3.05) is 12.0 Å². The molecule has 0 radical (unpaired) electrons. The number of nitrogens with zero attached hydrogens (tertiary/aromatic N) is 4. The smallest absolute Gasteiger partial charge is 0.158 e. The van der Waals surface area contributed by atoms with Gasteiger partial charge in [-0.15, -0.1) is 11.6 Å². The van der Waals surface area contributed by atoms with Crippen LogP contribution in [-0.2, 0) is 30.3 Å². The van der Waals surface area contributed by atoms with Crippen molar-refractivity contribution in [3.05, 3.63) is 11.5 Å². The summed E-state index contributed by atoms with van der Waals surface area (Å²) in [7, 11) is 1.15. The third-order valence-electron chi connectivity index (χ3n) is 2.90. The highest BCUT2D eigenvalue weighted by Crippen LogP contribution is 2.20. The van der Waals surface area contributed by atoms with Gasteiger partial charge in [-0.05, 0) is 13.3 Å². The van der Waals surface area contributed by atoms with Gasteiger partial charge in [-0.2, -0.15) is 5.10 Å². The van der Waals surface area contributed by atoms with Gasteiger partial charge in [-0.1, -0.05) is 0 Å². The van der Waals surface area contributed by atoms with Crippen LogP contribution in [0.5, 0.6) is 0 Å². The SMILES string of the molecule is Cc1nn(C)c2c1nc(CCl)n2CCCS(C)=O. The van der Waals surface area contributed by atoms with Crippen LogP contribution in [0.3, 0.4) is 0 Å². The van der Waals surface area contributed by atoms with Crippen LogP contribution in [0.25, 0.3) is 11.2 Å². The van der Waals surface area contributed by atoms with Crippen molar-refractivity contribution in [1.29, 1.82) is 0 Å². The van der Waals surface area contributed by atoms with E-state index >= 15 is 0 Å². The van der Waals surface area contributed by atoms with Crippen LogP contribution < -0.4 is 0 Å². The van der Waals surface area contributed by atoms with E-state index in [1.807, 2.05) is 18.7 Å². The average Bonchev–Trinajstić information content (AvgIpc) is 2.79. The number of aryl methyl sites for hydroxylation is 3. The van der Waals surface area contributed by atoms with Crippen molar-refractivity contribution in [1.82, 2.24) is 19.3 Å². The molecule has 0 saturated heterocycles. The second kappa shape index (κ2) is 5.40. The van der Waals surface area contributed by atoms with Crippen molar-refractivity contribution in [3.8, 4) is 0 Å². The largest absolute Gasteiger partial charge is 0.312 e. The first-order valence-electron chi connectivity index (χ1n) is 5.79. The van der Waals surface area contributed by atoms with Crippen molar-refractivity contribution < 1.29 is 4.21 Å². The van der Waals surface area contributed by atoms with Crippen molar-refractivity contribution >= 4 is 33.6 Å². The first-order chi connectivity index (χ1) is 8.54. The molecular formula is C11H17ClN4OS. The number of alkyl halides is 1. The van der Waals surface area contributed by atoms with Crippen LogP contribution in [0.2, 0.25) is 0 Å². The van der Waals surface area contributed by atoms with E-state index in [1.165, 1.54) is 0 Å². The molecule has 0 aliphatic heterocycles. The molecule has 2 rings (SSSR count). The van der Waals surface area contributed by atoms with Crippen LogP contribution in [0.1, 0.15) is 17.9 Å². The summed E-state index contributed by atoms with van der Waals surface area (Å²) < 4.78 is 15.0. The van der Waals surface area contributed by atoms with Crippen LogP contribution in [0.4, 0.5) is 0 Å². The van der Waals surface area contributed by atoms with E-state index in [0.29, 0.717) is 11.6 Å². The maximum atomic E-state index is 11.1. The summed E-state index contributed by atoms with van der Waals surface area (Å²) in [5.41, 5.74) is 2.81. The lowest BCUT2D eigenvalue weighted by Gasteiger charge is -2.07. The van der Waals surface area contributed by atoms with Crippen molar-refractivity contribution in [3.63, 3.8) is 0 Å². The standard InChI is InChI=1S/C11H17ClN4OS/c1-8-10-11(15(2)14-8)16(9(7-12)13-10)5-4-6-18(3)17/h4-7H2,1-3H3. The molecule has 7 heteroatoms. The second-order valence-electron chi connectivity index (χ2n) is 4.33. The minimum Gasteiger partial charge on any atom is -0.312 e. The Kier molecular flexibility index (Phi) is 4.07. The predicted molar refractivity (Wildman–Crippen MR) is 74.3 cm³/mol. The zero-order valence-electron chi connectivity index (χ0n) is 10.8. The van der Waals surface area contributed by atoms with E-state index in [0.717, 1.165) is 35.6 Å². The van der Waals surface area contributed by atoms with Crippen molar-refractivity contribution in [2.45, 2.75) is 25.8 Å². The molecule has 1 unspecified atom stereocenters. The Morgan fingerprint density at radius 3 is 2.78 bits per heavy atom. The predicted octanol–water partition coefficient (Wildman–Crippen LogP) is 1.59. The Balaban J connectivity index is 2.36.